The van der Waals surface area contributed by atoms with Gasteiger partial charge in [-0.1, -0.05) is 55.8 Å². The summed E-state index contributed by atoms with van der Waals surface area (Å²) in [5, 5.41) is 9.73. The third-order valence-corrected chi connectivity index (χ3v) is 5.18. The molecule has 3 rings (SSSR count). The van der Waals surface area contributed by atoms with E-state index in [0.717, 1.165) is 24.2 Å². The molecule has 0 bridgehead atoms. The van der Waals surface area contributed by atoms with Crippen LogP contribution in [0.25, 0.3) is 0 Å². The summed E-state index contributed by atoms with van der Waals surface area (Å²) in [6.07, 6.45) is 1.11. The average molecular weight is 325 g/mol. The predicted molar refractivity (Wildman–Crippen MR) is 95.8 cm³/mol. The number of hydrogen-bond acceptors (Lipinski definition) is 2. The van der Waals surface area contributed by atoms with Crippen molar-refractivity contribution in [2.45, 2.75) is 33.2 Å². The smallest absolute Gasteiger partial charge is 0.101 e. The number of benzene rings is 2. The van der Waals surface area contributed by atoms with Crippen LogP contribution in [0, 0.1) is 23.7 Å². The Balaban J connectivity index is 2.07. The van der Waals surface area contributed by atoms with Crippen molar-refractivity contribution in [1.29, 1.82) is 5.26 Å². The van der Waals surface area contributed by atoms with Crippen molar-refractivity contribution in [1.82, 2.24) is 0 Å². The van der Waals surface area contributed by atoms with Gasteiger partial charge >= 0.3 is 0 Å². The van der Waals surface area contributed by atoms with Gasteiger partial charge in [0.2, 0.25) is 0 Å². The van der Waals surface area contributed by atoms with E-state index >= 15 is 0 Å². The molecule has 1 atom stereocenters. The molecule has 0 spiro atoms. The Morgan fingerprint density at radius 2 is 1.87 bits per heavy atom. The summed E-state index contributed by atoms with van der Waals surface area (Å²) in [4.78, 5) is 2.44. The van der Waals surface area contributed by atoms with Gasteiger partial charge in [-0.05, 0) is 42.0 Å². The molecule has 1 unspecified atom stereocenters. The topological polar surface area (TPSA) is 27.0 Å². The number of nitriles is 1. The lowest BCUT2D eigenvalue weighted by Crippen LogP contribution is -2.25. The van der Waals surface area contributed by atoms with Crippen LogP contribution in [0.1, 0.15) is 43.0 Å². The molecule has 0 aromatic heterocycles. The van der Waals surface area contributed by atoms with E-state index in [-0.39, 0.29) is 5.41 Å². The number of halogens is 1. The minimum absolute atomic E-state index is 0.243. The number of hydrogen-bond donors (Lipinski definition) is 0. The standard InChI is InChI=1S/C20H21ClN2/c1-14-17(10-9-16(12-22)19(14)21)23-13-20(2,3)11-18(23)15-7-5-4-6-8-15/h4-10,18H,11,13H2,1-3H3. The van der Waals surface area contributed by atoms with Crippen LogP contribution in [-0.2, 0) is 0 Å². The molecule has 3 heteroatoms. The second kappa shape index (κ2) is 5.91. The van der Waals surface area contributed by atoms with Gasteiger partial charge < -0.3 is 4.90 Å². The van der Waals surface area contributed by atoms with E-state index in [2.05, 4.69) is 55.1 Å². The molecule has 1 fully saturated rings. The first kappa shape index (κ1) is 15.9. The van der Waals surface area contributed by atoms with E-state index in [0.29, 0.717) is 16.6 Å². The van der Waals surface area contributed by atoms with Crippen LogP contribution in [0.4, 0.5) is 5.69 Å². The maximum atomic E-state index is 9.16. The summed E-state index contributed by atoms with van der Waals surface area (Å²) in [5.74, 6) is 0. The fourth-order valence-electron chi connectivity index (χ4n) is 3.57. The van der Waals surface area contributed by atoms with Crippen molar-refractivity contribution in [3.8, 4) is 6.07 Å². The van der Waals surface area contributed by atoms with Gasteiger partial charge in [0.15, 0.2) is 0 Å². The Kier molecular flexibility index (Phi) is 4.08. The molecule has 0 saturated carbocycles. The van der Waals surface area contributed by atoms with E-state index < -0.39 is 0 Å². The molecule has 23 heavy (non-hydrogen) atoms. The van der Waals surface area contributed by atoms with Gasteiger partial charge in [-0.25, -0.2) is 0 Å². The second-order valence-corrected chi connectivity index (χ2v) is 7.48. The molecule has 0 aliphatic carbocycles. The van der Waals surface area contributed by atoms with Crippen molar-refractivity contribution >= 4 is 17.3 Å². The number of nitrogens with zero attached hydrogens (tertiary/aromatic N) is 2. The Labute approximate surface area is 143 Å². The van der Waals surface area contributed by atoms with Crippen LogP contribution in [0.2, 0.25) is 5.02 Å². The van der Waals surface area contributed by atoms with Crippen molar-refractivity contribution in [3.63, 3.8) is 0 Å². The van der Waals surface area contributed by atoms with Gasteiger partial charge in [0, 0.05) is 12.2 Å². The van der Waals surface area contributed by atoms with Crippen LogP contribution in [0.5, 0.6) is 0 Å². The lowest BCUT2D eigenvalue weighted by molar-refractivity contribution is 0.404. The number of anilines is 1. The molecular formula is C20H21ClN2. The van der Waals surface area contributed by atoms with Crippen molar-refractivity contribution in [3.05, 3.63) is 64.2 Å². The summed E-state index contributed by atoms with van der Waals surface area (Å²) >= 11 is 6.39. The molecule has 0 amide bonds. The van der Waals surface area contributed by atoms with Crippen molar-refractivity contribution < 1.29 is 0 Å². The zero-order valence-electron chi connectivity index (χ0n) is 13.8. The minimum atomic E-state index is 0.243. The van der Waals surface area contributed by atoms with Crippen molar-refractivity contribution in [2.24, 2.45) is 5.41 Å². The normalized spacial score (nSPS) is 19.6. The Hall–Kier alpha value is -1.98. The van der Waals surface area contributed by atoms with Gasteiger partial charge in [-0.2, -0.15) is 5.26 Å². The SMILES string of the molecule is Cc1c(N2CC(C)(C)CC2c2ccccc2)ccc(C#N)c1Cl. The van der Waals surface area contributed by atoms with Gasteiger partial charge in [0.05, 0.1) is 16.6 Å². The van der Waals surface area contributed by atoms with Crippen LogP contribution >= 0.6 is 11.6 Å². The highest BCUT2D eigenvalue weighted by molar-refractivity contribution is 6.32. The Morgan fingerprint density at radius 1 is 1.17 bits per heavy atom. The zero-order valence-corrected chi connectivity index (χ0v) is 14.6. The van der Waals surface area contributed by atoms with E-state index in [1.165, 1.54) is 5.56 Å². The summed E-state index contributed by atoms with van der Waals surface area (Å²) in [7, 11) is 0. The molecule has 1 heterocycles. The lowest BCUT2D eigenvalue weighted by atomic mass is 9.89. The maximum absolute atomic E-state index is 9.16. The van der Waals surface area contributed by atoms with E-state index in [9.17, 15) is 0 Å². The molecule has 0 N–H and O–H groups in total. The van der Waals surface area contributed by atoms with Crippen LogP contribution in [0.15, 0.2) is 42.5 Å². The van der Waals surface area contributed by atoms with Crippen molar-refractivity contribution in [2.75, 3.05) is 11.4 Å². The first-order valence-corrected chi connectivity index (χ1v) is 8.31. The van der Waals surface area contributed by atoms with E-state index in [1.807, 2.05) is 19.1 Å². The minimum Gasteiger partial charge on any atom is -0.364 e. The Bertz CT molecular complexity index is 759. The molecule has 1 aliphatic rings. The zero-order chi connectivity index (χ0) is 16.6. The van der Waals surface area contributed by atoms with Gasteiger partial charge in [0.1, 0.15) is 6.07 Å². The largest absolute Gasteiger partial charge is 0.364 e. The average Bonchev–Trinajstić information content (AvgIpc) is 2.86. The highest BCUT2D eigenvalue weighted by Crippen LogP contribution is 2.46. The highest BCUT2D eigenvalue weighted by atomic mass is 35.5. The Morgan fingerprint density at radius 3 is 2.52 bits per heavy atom. The van der Waals surface area contributed by atoms with E-state index in [1.54, 1.807) is 0 Å². The van der Waals surface area contributed by atoms with Crippen LogP contribution < -0.4 is 4.90 Å². The molecule has 0 radical (unpaired) electrons. The molecule has 1 aliphatic heterocycles. The molecule has 2 aromatic rings. The van der Waals surface area contributed by atoms with Gasteiger partial charge in [-0.15, -0.1) is 0 Å². The quantitative estimate of drug-likeness (QED) is 0.729. The summed E-state index contributed by atoms with van der Waals surface area (Å²) in [5.41, 5.74) is 4.24. The van der Waals surface area contributed by atoms with E-state index in [4.69, 9.17) is 16.9 Å². The third kappa shape index (κ3) is 2.94. The molecule has 118 valence electrons. The fourth-order valence-corrected chi connectivity index (χ4v) is 3.77. The van der Waals surface area contributed by atoms with Gasteiger partial charge in [0.25, 0.3) is 0 Å². The van der Waals surface area contributed by atoms with Crippen LogP contribution in [-0.4, -0.2) is 6.54 Å². The fraction of sp³-hybridized carbons (Fsp3) is 0.350. The molecule has 1 saturated heterocycles. The summed E-state index contributed by atoms with van der Waals surface area (Å²) in [6, 6.07) is 17.0. The molecule has 2 nitrogen and oxygen atoms in total. The summed E-state index contributed by atoms with van der Waals surface area (Å²) < 4.78 is 0. The number of rotatable bonds is 2. The van der Waals surface area contributed by atoms with Crippen LogP contribution in [0.3, 0.4) is 0 Å². The summed E-state index contributed by atoms with van der Waals surface area (Å²) in [6.45, 7) is 7.61. The first-order valence-electron chi connectivity index (χ1n) is 7.94. The van der Waals surface area contributed by atoms with Gasteiger partial charge in [-0.3, -0.25) is 0 Å². The second-order valence-electron chi connectivity index (χ2n) is 7.11. The highest BCUT2D eigenvalue weighted by Gasteiger charge is 2.38. The lowest BCUT2D eigenvalue weighted by Gasteiger charge is -2.29. The predicted octanol–water partition coefficient (Wildman–Crippen LogP) is 5.50. The third-order valence-electron chi connectivity index (χ3n) is 4.69. The molecular weight excluding hydrogens is 304 g/mol. The first-order chi connectivity index (χ1) is 10.9. The molecule has 2 aromatic carbocycles. The maximum Gasteiger partial charge on any atom is 0.101 e. The monoisotopic (exact) mass is 324 g/mol.